The van der Waals surface area contributed by atoms with Crippen LogP contribution in [0.5, 0.6) is 5.75 Å². The van der Waals surface area contributed by atoms with Crippen LogP contribution in [0.4, 0.5) is 5.13 Å². The lowest BCUT2D eigenvalue weighted by Gasteiger charge is -2.30. The fourth-order valence-corrected chi connectivity index (χ4v) is 4.92. The Morgan fingerprint density at radius 3 is 2.79 bits per heavy atom. The van der Waals surface area contributed by atoms with Gasteiger partial charge >= 0.3 is 0 Å². The summed E-state index contributed by atoms with van der Waals surface area (Å²) in [4.78, 5) is 9.58. The number of piperidine rings is 1. The summed E-state index contributed by atoms with van der Waals surface area (Å²) in [7, 11) is -1.47. The zero-order valence-corrected chi connectivity index (χ0v) is 17.3. The Kier molecular flexibility index (Phi) is 5.21. The van der Waals surface area contributed by atoms with Crippen molar-refractivity contribution in [3.8, 4) is 17.0 Å². The summed E-state index contributed by atoms with van der Waals surface area (Å²) in [6.07, 6.45) is 8.26. The molecule has 11 heteroatoms. The largest absolute Gasteiger partial charge is 0.495 e. The number of nitrogens with zero attached hydrogens (tertiary/aromatic N) is 5. The summed E-state index contributed by atoms with van der Waals surface area (Å²) in [5.41, 5.74) is 1.68. The maximum atomic E-state index is 11.6. The summed E-state index contributed by atoms with van der Waals surface area (Å²) in [5, 5.41) is 8.72. The van der Waals surface area contributed by atoms with Crippen LogP contribution in [0.2, 0.25) is 0 Å². The normalized spacial score (nSPS) is 16.5. The number of hydrogen-bond donors (Lipinski definition) is 1. The smallest absolute Gasteiger partial charge is 0.214 e. The minimum atomic E-state index is -3.08. The second-order valence-corrected chi connectivity index (χ2v) is 9.80. The molecule has 3 aromatic heterocycles. The second kappa shape index (κ2) is 7.64. The van der Waals surface area contributed by atoms with Gasteiger partial charge in [-0.1, -0.05) is 11.3 Å². The van der Waals surface area contributed by atoms with Crippen molar-refractivity contribution in [1.29, 1.82) is 0 Å². The SMILES string of the molecule is COc1cncc(-c2cn3nc(NCC4CCN(S(C)(=O)=O)CC4)sc3n2)c1. The van der Waals surface area contributed by atoms with E-state index < -0.39 is 10.0 Å². The fraction of sp³-hybridized carbons (Fsp3) is 0.471. The van der Waals surface area contributed by atoms with Gasteiger partial charge in [-0.3, -0.25) is 4.98 Å². The molecule has 0 spiro atoms. The Hall–Kier alpha value is -2.24. The highest BCUT2D eigenvalue weighted by molar-refractivity contribution is 7.88. The average Bonchev–Trinajstić information content (AvgIpc) is 3.25. The van der Waals surface area contributed by atoms with Gasteiger partial charge in [-0.05, 0) is 24.8 Å². The predicted molar refractivity (Wildman–Crippen MR) is 108 cm³/mol. The first-order valence-corrected chi connectivity index (χ1v) is 11.6. The molecule has 1 saturated heterocycles. The van der Waals surface area contributed by atoms with Crippen molar-refractivity contribution in [3.05, 3.63) is 24.7 Å². The molecular formula is C17H22N6O3S2. The van der Waals surface area contributed by atoms with E-state index in [0.717, 1.165) is 40.7 Å². The summed E-state index contributed by atoms with van der Waals surface area (Å²) < 4.78 is 31.7. The lowest BCUT2D eigenvalue weighted by Crippen LogP contribution is -2.39. The molecule has 0 unspecified atom stereocenters. The molecule has 1 aliphatic rings. The summed E-state index contributed by atoms with van der Waals surface area (Å²) in [6, 6.07) is 1.89. The second-order valence-electron chi connectivity index (χ2n) is 6.86. The molecule has 0 saturated carbocycles. The first kappa shape index (κ1) is 19.1. The van der Waals surface area contributed by atoms with Crippen molar-refractivity contribution < 1.29 is 13.2 Å². The highest BCUT2D eigenvalue weighted by atomic mass is 32.2. The van der Waals surface area contributed by atoms with Crippen LogP contribution in [0.3, 0.4) is 0 Å². The number of fused-ring (bicyclic) bond motifs is 1. The van der Waals surface area contributed by atoms with Crippen molar-refractivity contribution >= 4 is 31.5 Å². The van der Waals surface area contributed by atoms with Gasteiger partial charge in [-0.2, -0.15) is 0 Å². The first-order chi connectivity index (χ1) is 13.4. The molecule has 0 bridgehead atoms. The summed E-state index contributed by atoms with van der Waals surface area (Å²) in [6.45, 7) is 1.95. The van der Waals surface area contributed by atoms with Gasteiger partial charge in [0.15, 0.2) is 0 Å². The van der Waals surface area contributed by atoms with Gasteiger partial charge in [0.2, 0.25) is 20.1 Å². The predicted octanol–water partition coefficient (Wildman–Crippen LogP) is 1.94. The van der Waals surface area contributed by atoms with Gasteiger partial charge in [0.1, 0.15) is 5.75 Å². The Labute approximate surface area is 167 Å². The van der Waals surface area contributed by atoms with E-state index in [1.807, 2.05) is 12.3 Å². The van der Waals surface area contributed by atoms with Gasteiger partial charge in [-0.25, -0.2) is 22.2 Å². The summed E-state index contributed by atoms with van der Waals surface area (Å²) in [5.74, 6) is 1.12. The number of methoxy groups -OCH3 is 1. The topological polar surface area (TPSA) is 102 Å². The number of ether oxygens (including phenoxy) is 1. The van der Waals surface area contributed by atoms with Crippen LogP contribution in [0.15, 0.2) is 24.7 Å². The lowest BCUT2D eigenvalue weighted by molar-refractivity contribution is 0.283. The lowest BCUT2D eigenvalue weighted by atomic mass is 9.98. The molecule has 0 amide bonds. The van der Waals surface area contributed by atoms with Gasteiger partial charge in [0.05, 0.1) is 31.5 Å². The third-order valence-electron chi connectivity index (χ3n) is 4.87. The molecule has 28 heavy (non-hydrogen) atoms. The number of pyridine rings is 1. The van der Waals surface area contributed by atoms with Gasteiger partial charge < -0.3 is 10.1 Å². The van der Waals surface area contributed by atoms with Crippen molar-refractivity contribution in [2.45, 2.75) is 12.8 Å². The van der Waals surface area contributed by atoms with Crippen LogP contribution in [-0.4, -0.2) is 65.3 Å². The molecule has 3 aromatic rings. The molecule has 0 atom stereocenters. The van der Waals surface area contributed by atoms with Crippen LogP contribution in [0.1, 0.15) is 12.8 Å². The van der Waals surface area contributed by atoms with E-state index in [1.165, 1.54) is 17.6 Å². The number of anilines is 1. The van der Waals surface area contributed by atoms with Crippen molar-refractivity contribution in [2.75, 3.05) is 38.3 Å². The third-order valence-corrected chi connectivity index (χ3v) is 7.06. The molecule has 1 fully saturated rings. The molecular weight excluding hydrogens is 400 g/mol. The monoisotopic (exact) mass is 422 g/mol. The average molecular weight is 423 g/mol. The maximum Gasteiger partial charge on any atom is 0.214 e. The zero-order valence-electron chi connectivity index (χ0n) is 15.7. The van der Waals surface area contributed by atoms with E-state index in [4.69, 9.17) is 4.74 Å². The fourth-order valence-electron chi connectivity index (χ4n) is 3.26. The molecule has 1 aliphatic heterocycles. The number of nitrogens with one attached hydrogen (secondary N) is 1. The first-order valence-electron chi connectivity index (χ1n) is 8.97. The molecule has 0 aliphatic carbocycles. The number of sulfonamides is 1. The van der Waals surface area contributed by atoms with Crippen LogP contribution >= 0.6 is 11.3 Å². The number of hydrogen-bond acceptors (Lipinski definition) is 8. The highest BCUT2D eigenvalue weighted by Gasteiger charge is 2.25. The summed E-state index contributed by atoms with van der Waals surface area (Å²) >= 11 is 1.49. The Bertz CT molecular complexity index is 1040. The van der Waals surface area contributed by atoms with Crippen molar-refractivity contribution in [3.63, 3.8) is 0 Å². The minimum Gasteiger partial charge on any atom is -0.495 e. The van der Waals surface area contributed by atoms with Crippen LogP contribution in [0.25, 0.3) is 16.2 Å². The van der Waals surface area contributed by atoms with Crippen LogP contribution in [0, 0.1) is 5.92 Å². The Morgan fingerprint density at radius 2 is 2.11 bits per heavy atom. The quantitative estimate of drug-likeness (QED) is 0.648. The van der Waals surface area contributed by atoms with E-state index >= 15 is 0 Å². The standard InChI is InChI=1S/C17H22N6O3S2/c1-26-14-7-13(9-18-10-14)15-11-23-17(20-15)27-16(21-23)19-8-12-3-5-22(6-4-12)28(2,24)25/h7,9-12H,3-6,8H2,1-2H3,(H,19,21). The zero-order chi connectivity index (χ0) is 19.7. The highest BCUT2D eigenvalue weighted by Crippen LogP contribution is 2.27. The van der Waals surface area contributed by atoms with Crippen LogP contribution in [-0.2, 0) is 10.0 Å². The van der Waals surface area contributed by atoms with Gasteiger partial charge in [0.25, 0.3) is 0 Å². The van der Waals surface area contributed by atoms with E-state index in [1.54, 1.807) is 28.3 Å². The number of imidazole rings is 1. The van der Waals surface area contributed by atoms with Crippen LogP contribution < -0.4 is 10.1 Å². The third kappa shape index (κ3) is 4.10. The molecule has 9 nitrogen and oxygen atoms in total. The van der Waals surface area contributed by atoms with Gasteiger partial charge in [0, 0.05) is 31.4 Å². The van der Waals surface area contributed by atoms with E-state index in [9.17, 15) is 8.42 Å². The Balaban J connectivity index is 1.38. The molecule has 150 valence electrons. The molecule has 4 heterocycles. The minimum absolute atomic E-state index is 0.438. The number of rotatable bonds is 6. The number of aromatic nitrogens is 4. The van der Waals surface area contributed by atoms with E-state index in [0.29, 0.717) is 24.8 Å². The van der Waals surface area contributed by atoms with Crippen molar-refractivity contribution in [1.82, 2.24) is 23.9 Å². The maximum absolute atomic E-state index is 11.6. The van der Waals surface area contributed by atoms with E-state index in [2.05, 4.69) is 20.4 Å². The van der Waals surface area contributed by atoms with Crippen molar-refractivity contribution in [2.24, 2.45) is 5.92 Å². The molecule has 0 radical (unpaired) electrons. The van der Waals surface area contributed by atoms with E-state index in [-0.39, 0.29) is 0 Å². The molecule has 4 rings (SSSR count). The molecule has 0 aromatic carbocycles. The molecule has 1 N–H and O–H groups in total. The Morgan fingerprint density at radius 1 is 1.32 bits per heavy atom. The van der Waals surface area contributed by atoms with Gasteiger partial charge in [-0.15, -0.1) is 5.10 Å².